The van der Waals surface area contributed by atoms with Crippen molar-refractivity contribution in [3.8, 4) is 11.5 Å². The van der Waals surface area contributed by atoms with Crippen molar-refractivity contribution in [1.82, 2.24) is 34.6 Å². The summed E-state index contributed by atoms with van der Waals surface area (Å²) >= 11 is 0. The third-order valence-corrected chi connectivity index (χ3v) is 4.83. The maximum absolute atomic E-state index is 4.78. The monoisotopic (exact) mass is 346 g/mol. The van der Waals surface area contributed by atoms with Crippen molar-refractivity contribution in [1.29, 1.82) is 0 Å². The van der Waals surface area contributed by atoms with Crippen molar-refractivity contribution in [2.24, 2.45) is 0 Å². The molecule has 0 unspecified atom stereocenters. The molecule has 0 saturated carbocycles. The molecule has 1 aliphatic heterocycles. The second-order valence-electron chi connectivity index (χ2n) is 6.40. The number of pyridine rings is 1. The number of hydrogen-bond donors (Lipinski definition) is 0. The molecule has 0 aliphatic carbocycles. The molecule has 1 fully saturated rings. The van der Waals surface area contributed by atoms with Gasteiger partial charge < -0.3 is 4.90 Å². The fourth-order valence-electron chi connectivity index (χ4n) is 3.46. The largest absolute Gasteiger partial charge is 0.355 e. The molecular formula is C18H18N8. The minimum absolute atomic E-state index is 0.462. The van der Waals surface area contributed by atoms with E-state index < -0.39 is 0 Å². The van der Waals surface area contributed by atoms with Crippen LogP contribution in [0.5, 0.6) is 0 Å². The lowest BCUT2D eigenvalue weighted by Gasteiger charge is -2.32. The molecule has 0 spiro atoms. The molecule has 5 rings (SSSR count). The Morgan fingerprint density at radius 1 is 0.923 bits per heavy atom. The lowest BCUT2D eigenvalue weighted by Crippen LogP contribution is -2.35. The summed E-state index contributed by atoms with van der Waals surface area (Å²) in [6.07, 6.45) is 7.74. The van der Waals surface area contributed by atoms with Crippen molar-refractivity contribution in [3.05, 3.63) is 55.0 Å². The second kappa shape index (κ2) is 6.21. The molecule has 0 bridgehead atoms. The van der Waals surface area contributed by atoms with E-state index in [-0.39, 0.29) is 0 Å². The minimum Gasteiger partial charge on any atom is -0.355 e. The van der Waals surface area contributed by atoms with E-state index in [2.05, 4.69) is 29.9 Å². The van der Waals surface area contributed by atoms with E-state index in [1.807, 2.05) is 48.8 Å². The Morgan fingerprint density at radius 3 is 2.62 bits per heavy atom. The average molecular weight is 346 g/mol. The first-order valence-corrected chi connectivity index (χ1v) is 8.76. The molecule has 4 aromatic heterocycles. The van der Waals surface area contributed by atoms with E-state index >= 15 is 0 Å². The first-order valence-electron chi connectivity index (χ1n) is 8.76. The lowest BCUT2D eigenvalue weighted by atomic mass is 10.1. The maximum atomic E-state index is 4.78. The van der Waals surface area contributed by atoms with E-state index in [1.54, 1.807) is 10.7 Å². The summed E-state index contributed by atoms with van der Waals surface area (Å²) in [5.74, 6) is 1.60. The van der Waals surface area contributed by atoms with Gasteiger partial charge in [-0.15, -0.1) is 15.3 Å². The Bertz CT molecular complexity index is 1000. The standard InChI is InChI=1S/C18H18N8/c1-2-9-19-15(4-1)18-22-21-16-5-6-17(23-26(16)18)24-12-7-14(8-13-24)25-11-3-10-20-25/h1-6,9-11,14H,7-8,12-13H2. The molecule has 0 N–H and O–H groups in total. The molecule has 0 aromatic carbocycles. The highest BCUT2D eigenvalue weighted by Gasteiger charge is 2.22. The van der Waals surface area contributed by atoms with Gasteiger partial charge in [-0.2, -0.15) is 9.61 Å². The van der Waals surface area contributed by atoms with E-state index in [0.29, 0.717) is 11.9 Å². The highest BCUT2D eigenvalue weighted by atomic mass is 15.4. The lowest BCUT2D eigenvalue weighted by molar-refractivity contribution is 0.365. The third kappa shape index (κ3) is 2.59. The Hall–Kier alpha value is -3.29. The number of fused-ring (bicyclic) bond motifs is 1. The van der Waals surface area contributed by atoms with Gasteiger partial charge in [0.25, 0.3) is 0 Å². The van der Waals surface area contributed by atoms with Gasteiger partial charge in [-0.05, 0) is 43.2 Å². The Balaban J connectivity index is 1.42. The highest BCUT2D eigenvalue weighted by molar-refractivity contribution is 5.56. The van der Waals surface area contributed by atoms with Crippen LogP contribution in [0, 0.1) is 0 Å². The molecule has 26 heavy (non-hydrogen) atoms. The summed E-state index contributed by atoms with van der Waals surface area (Å²) in [4.78, 5) is 6.67. The molecule has 0 radical (unpaired) electrons. The van der Waals surface area contributed by atoms with Crippen molar-refractivity contribution in [3.63, 3.8) is 0 Å². The predicted octanol–water partition coefficient (Wildman–Crippen LogP) is 2.22. The van der Waals surface area contributed by atoms with Crippen molar-refractivity contribution >= 4 is 11.5 Å². The van der Waals surface area contributed by atoms with Crippen LogP contribution in [0.3, 0.4) is 0 Å². The second-order valence-corrected chi connectivity index (χ2v) is 6.40. The fraction of sp³-hybridized carbons (Fsp3) is 0.278. The van der Waals surface area contributed by atoms with Crippen molar-refractivity contribution in [2.75, 3.05) is 18.0 Å². The Kier molecular flexibility index (Phi) is 3.59. The highest BCUT2D eigenvalue weighted by Crippen LogP contribution is 2.25. The molecular weight excluding hydrogens is 328 g/mol. The van der Waals surface area contributed by atoms with Crippen LogP contribution < -0.4 is 4.90 Å². The summed E-state index contributed by atoms with van der Waals surface area (Å²) in [6, 6.07) is 12.2. The Labute approximate surface area is 150 Å². The predicted molar refractivity (Wildman–Crippen MR) is 96.7 cm³/mol. The number of rotatable bonds is 3. The topological polar surface area (TPSA) is 77.0 Å². The molecule has 1 aliphatic rings. The van der Waals surface area contributed by atoms with Gasteiger partial charge in [0.2, 0.25) is 5.82 Å². The number of aromatic nitrogens is 7. The molecule has 0 atom stereocenters. The summed E-state index contributed by atoms with van der Waals surface area (Å²) in [5, 5.41) is 17.6. The summed E-state index contributed by atoms with van der Waals surface area (Å²) in [7, 11) is 0. The van der Waals surface area contributed by atoms with Crippen LogP contribution in [-0.2, 0) is 0 Å². The number of piperidine rings is 1. The first-order chi connectivity index (χ1) is 12.9. The van der Waals surface area contributed by atoms with Gasteiger partial charge in [0.05, 0.1) is 6.04 Å². The summed E-state index contributed by atoms with van der Waals surface area (Å²) in [6.45, 7) is 1.90. The molecule has 8 nitrogen and oxygen atoms in total. The summed E-state index contributed by atoms with van der Waals surface area (Å²) < 4.78 is 3.84. The van der Waals surface area contributed by atoms with Gasteiger partial charge in [0.1, 0.15) is 11.5 Å². The van der Waals surface area contributed by atoms with Crippen LogP contribution in [0.25, 0.3) is 17.2 Å². The Morgan fingerprint density at radius 2 is 1.85 bits per heavy atom. The normalized spacial score (nSPS) is 15.6. The van der Waals surface area contributed by atoms with Crippen LogP contribution in [0.1, 0.15) is 18.9 Å². The fourth-order valence-corrected chi connectivity index (χ4v) is 3.46. The first kappa shape index (κ1) is 15.0. The average Bonchev–Trinajstić information content (AvgIpc) is 3.38. The van der Waals surface area contributed by atoms with Crippen LogP contribution in [0.4, 0.5) is 5.82 Å². The van der Waals surface area contributed by atoms with Gasteiger partial charge in [0.15, 0.2) is 5.65 Å². The van der Waals surface area contributed by atoms with Crippen LogP contribution >= 0.6 is 0 Å². The number of hydrogen-bond acceptors (Lipinski definition) is 6. The van der Waals surface area contributed by atoms with Crippen LogP contribution in [0.15, 0.2) is 55.0 Å². The summed E-state index contributed by atoms with van der Waals surface area (Å²) in [5.41, 5.74) is 1.49. The zero-order chi connectivity index (χ0) is 17.3. The zero-order valence-electron chi connectivity index (χ0n) is 14.2. The van der Waals surface area contributed by atoms with Crippen LogP contribution in [-0.4, -0.2) is 47.7 Å². The molecule has 1 saturated heterocycles. The van der Waals surface area contributed by atoms with Gasteiger partial charge in [-0.3, -0.25) is 9.67 Å². The smallest absolute Gasteiger partial charge is 0.203 e. The molecule has 8 heteroatoms. The minimum atomic E-state index is 0.462. The third-order valence-electron chi connectivity index (χ3n) is 4.83. The van der Waals surface area contributed by atoms with Crippen LogP contribution in [0.2, 0.25) is 0 Å². The van der Waals surface area contributed by atoms with E-state index in [4.69, 9.17) is 5.10 Å². The molecule has 130 valence electrons. The van der Waals surface area contributed by atoms with Gasteiger partial charge >= 0.3 is 0 Å². The quantitative estimate of drug-likeness (QED) is 0.566. The van der Waals surface area contributed by atoms with E-state index in [1.165, 1.54) is 0 Å². The number of nitrogens with zero attached hydrogens (tertiary/aromatic N) is 8. The van der Waals surface area contributed by atoms with Gasteiger partial charge in [-0.25, -0.2) is 0 Å². The van der Waals surface area contributed by atoms with Crippen molar-refractivity contribution in [2.45, 2.75) is 18.9 Å². The zero-order valence-corrected chi connectivity index (χ0v) is 14.2. The van der Waals surface area contributed by atoms with Gasteiger partial charge in [0, 0.05) is 31.7 Å². The van der Waals surface area contributed by atoms with Crippen molar-refractivity contribution < 1.29 is 0 Å². The maximum Gasteiger partial charge on any atom is 0.203 e. The van der Waals surface area contributed by atoms with Gasteiger partial charge in [-0.1, -0.05) is 6.07 Å². The van der Waals surface area contributed by atoms with E-state index in [0.717, 1.165) is 43.1 Å². The SMILES string of the molecule is c1ccc(-c2nnc3ccc(N4CCC(n5cccn5)CC4)nn23)nc1. The van der Waals surface area contributed by atoms with E-state index in [9.17, 15) is 0 Å². The number of anilines is 1. The molecule has 4 aromatic rings. The molecule has 0 amide bonds. The molecule has 5 heterocycles.